The molecule has 2 unspecified atom stereocenters. The van der Waals surface area contributed by atoms with Crippen LogP contribution in [-0.2, 0) is 11.2 Å². The first-order chi connectivity index (χ1) is 11.7. The van der Waals surface area contributed by atoms with Crippen LogP contribution in [0, 0.1) is 5.41 Å². The smallest absolute Gasteiger partial charge is 0.121 e. The molecule has 1 aliphatic carbocycles. The molecular formula is C19H32N2O2S. The van der Waals surface area contributed by atoms with E-state index in [9.17, 15) is 5.11 Å². The Morgan fingerprint density at radius 1 is 1.29 bits per heavy atom. The maximum atomic E-state index is 10.1. The number of unbranched alkanes of at least 4 members (excludes halogenated alkanes) is 5. The Kier molecular flexibility index (Phi) is 8.95. The number of ether oxygens (including phenoxy) is 1. The Morgan fingerprint density at radius 2 is 2.08 bits per heavy atom. The zero-order valence-corrected chi connectivity index (χ0v) is 15.7. The van der Waals surface area contributed by atoms with Gasteiger partial charge in [-0.25, -0.2) is 0 Å². The topological polar surface area (TPSA) is 65.3 Å². The van der Waals surface area contributed by atoms with Crippen molar-refractivity contribution in [3.05, 3.63) is 21.9 Å². The van der Waals surface area contributed by atoms with Crippen LogP contribution in [0.4, 0.5) is 0 Å². The van der Waals surface area contributed by atoms with E-state index < -0.39 is 6.10 Å². The van der Waals surface area contributed by atoms with Crippen molar-refractivity contribution in [1.82, 2.24) is 5.32 Å². The van der Waals surface area contributed by atoms with E-state index >= 15 is 0 Å². The van der Waals surface area contributed by atoms with Crippen molar-refractivity contribution in [2.24, 2.45) is 0 Å². The van der Waals surface area contributed by atoms with Gasteiger partial charge in [-0.2, -0.15) is 0 Å². The van der Waals surface area contributed by atoms with E-state index in [1.165, 1.54) is 43.4 Å². The van der Waals surface area contributed by atoms with Crippen LogP contribution < -0.4 is 5.32 Å². The van der Waals surface area contributed by atoms with Gasteiger partial charge in [-0.3, -0.25) is 0 Å². The molecule has 4 nitrogen and oxygen atoms in total. The average Bonchev–Trinajstić information content (AvgIpc) is 3.05. The zero-order valence-electron chi connectivity index (χ0n) is 14.9. The number of aryl methyl sites for hydroxylation is 1. The average molecular weight is 353 g/mol. The van der Waals surface area contributed by atoms with Crippen molar-refractivity contribution in [1.29, 1.82) is 5.41 Å². The van der Waals surface area contributed by atoms with E-state index in [2.05, 4.69) is 23.7 Å². The quantitative estimate of drug-likeness (QED) is 0.497. The summed E-state index contributed by atoms with van der Waals surface area (Å²) in [6.07, 6.45) is 8.66. The summed E-state index contributed by atoms with van der Waals surface area (Å²) in [5, 5.41) is 23.6. The minimum absolute atomic E-state index is 0.256. The van der Waals surface area contributed by atoms with Crippen LogP contribution in [0.25, 0.3) is 0 Å². The Morgan fingerprint density at radius 3 is 2.92 bits per heavy atom. The van der Waals surface area contributed by atoms with E-state index in [4.69, 9.17) is 10.1 Å². The van der Waals surface area contributed by atoms with Gasteiger partial charge in [0.25, 0.3) is 0 Å². The van der Waals surface area contributed by atoms with E-state index in [1.54, 1.807) is 11.3 Å². The molecule has 1 aromatic rings. The van der Waals surface area contributed by atoms with E-state index in [0.717, 1.165) is 24.9 Å². The second-order valence-corrected chi connectivity index (χ2v) is 7.66. The fourth-order valence-corrected chi connectivity index (χ4v) is 4.02. The summed E-state index contributed by atoms with van der Waals surface area (Å²) in [5.41, 5.74) is 1.76. The van der Waals surface area contributed by atoms with Crippen LogP contribution in [-0.4, -0.2) is 36.6 Å². The molecule has 24 heavy (non-hydrogen) atoms. The van der Waals surface area contributed by atoms with Gasteiger partial charge < -0.3 is 20.6 Å². The molecule has 0 bridgehead atoms. The Hall–Kier alpha value is -0.750. The molecule has 0 amide bonds. The summed E-state index contributed by atoms with van der Waals surface area (Å²) >= 11 is 1.74. The molecule has 0 spiro atoms. The number of aliphatic hydroxyl groups is 1. The standard InChI is InChI=1S/C19H32N2O2S/c1-2-3-4-5-6-7-11-21-13-15(22)14-23-19-16-10-12-24-18(16)9-8-17(19)20/h10,12,15,19-22H,2-9,11,13-14H2,1H3. The summed E-state index contributed by atoms with van der Waals surface area (Å²) in [5.74, 6) is 0. The molecule has 0 saturated carbocycles. The molecule has 0 saturated heterocycles. The second kappa shape index (κ2) is 11.0. The molecule has 0 aromatic carbocycles. The Balaban J connectivity index is 1.57. The fraction of sp³-hybridized carbons (Fsp3) is 0.737. The van der Waals surface area contributed by atoms with Gasteiger partial charge >= 0.3 is 0 Å². The zero-order chi connectivity index (χ0) is 17.2. The highest BCUT2D eigenvalue weighted by atomic mass is 32.1. The molecule has 5 heteroatoms. The molecule has 0 aliphatic heterocycles. The predicted molar refractivity (Wildman–Crippen MR) is 101 cm³/mol. The van der Waals surface area contributed by atoms with Gasteiger partial charge in [-0.05, 0) is 37.3 Å². The van der Waals surface area contributed by atoms with Gasteiger partial charge in [0.1, 0.15) is 6.10 Å². The second-order valence-electron chi connectivity index (χ2n) is 6.66. The van der Waals surface area contributed by atoms with Crippen molar-refractivity contribution in [3.8, 4) is 0 Å². The Bertz CT molecular complexity index is 489. The predicted octanol–water partition coefficient (Wildman–Crippen LogP) is 4.08. The number of fused-ring (bicyclic) bond motifs is 1. The number of hydrogen-bond acceptors (Lipinski definition) is 5. The third-order valence-electron chi connectivity index (χ3n) is 4.54. The lowest BCUT2D eigenvalue weighted by Gasteiger charge is -2.25. The molecule has 1 heterocycles. The number of thiophene rings is 1. The molecule has 2 rings (SSSR count). The number of hydrogen-bond donors (Lipinski definition) is 3. The molecule has 2 atom stereocenters. The van der Waals surface area contributed by atoms with Gasteiger partial charge in [-0.15, -0.1) is 11.3 Å². The fourth-order valence-electron chi connectivity index (χ4n) is 3.11. The molecule has 136 valence electrons. The van der Waals surface area contributed by atoms with Crippen molar-refractivity contribution < 1.29 is 9.84 Å². The maximum absolute atomic E-state index is 10.1. The van der Waals surface area contributed by atoms with E-state index in [0.29, 0.717) is 12.3 Å². The van der Waals surface area contributed by atoms with Crippen LogP contribution in [0.5, 0.6) is 0 Å². The van der Waals surface area contributed by atoms with Gasteiger partial charge in [0.05, 0.1) is 12.7 Å². The van der Waals surface area contributed by atoms with Crippen LogP contribution in [0.3, 0.4) is 0 Å². The molecule has 3 N–H and O–H groups in total. The first-order valence-corrected chi connectivity index (χ1v) is 10.2. The lowest BCUT2D eigenvalue weighted by atomic mass is 9.94. The minimum Gasteiger partial charge on any atom is -0.389 e. The monoisotopic (exact) mass is 352 g/mol. The Labute approximate surface area is 150 Å². The molecule has 0 fully saturated rings. The molecule has 0 radical (unpaired) electrons. The lowest BCUT2D eigenvalue weighted by molar-refractivity contribution is 0.0149. The van der Waals surface area contributed by atoms with Crippen molar-refractivity contribution in [3.63, 3.8) is 0 Å². The summed E-state index contributed by atoms with van der Waals surface area (Å²) < 4.78 is 5.86. The molecular weight excluding hydrogens is 320 g/mol. The maximum Gasteiger partial charge on any atom is 0.121 e. The number of aliphatic hydroxyl groups excluding tert-OH is 1. The normalized spacial score (nSPS) is 18.6. The van der Waals surface area contributed by atoms with Gasteiger partial charge in [0.2, 0.25) is 0 Å². The lowest BCUT2D eigenvalue weighted by Crippen LogP contribution is -2.33. The highest BCUT2D eigenvalue weighted by molar-refractivity contribution is 7.10. The summed E-state index contributed by atoms with van der Waals surface area (Å²) in [7, 11) is 0. The van der Waals surface area contributed by atoms with Crippen molar-refractivity contribution in [2.75, 3.05) is 19.7 Å². The van der Waals surface area contributed by atoms with Crippen LogP contribution in [0.2, 0.25) is 0 Å². The van der Waals surface area contributed by atoms with Gasteiger partial charge in [0.15, 0.2) is 0 Å². The van der Waals surface area contributed by atoms with Crippen LogP contribution in [0.1, 0.15) is 68.4 Å². The SMILES string of the molecule is CCCCCCCCNCC(O)COC1C(=N)CCc2sccc21. The van der Waals surface area contributed by atoms with Crippen molar-refractivity contribution in [2.45, 2.75) is 70.5 Å². The summed E-state index contributed by atoms with van der Waals surface area (Å²) in [4.78, 5) is 1.33. The first-order valence-electron chi connectivity index (χ1n) is 9.36. The third-order valence-corrected chi connectivity index (χ3v) is 5.54. The van der Waals surface area contributed by atoms with Gasteiger partial charge in [0, 0.05) is 22.7 Å². The largest absolute Gasteiger partial charge is 0.389 e. The van der Waals surface area contributed by atoms with E-state index in [1.807, 2.05) is 0 Å². The van der Waals surface area contributed by atoms with Crippen LogP contribution in [0.15, 0.2) is 11.4 Å². The summed E-state index contributed by atoms with van der Waals surface area (Å²) in [6.45, 7) is 4.04. The first kappa shape index (κ1) is 19.6. The van der Waals surface area contributed by atoms with Crippen LogP contribution >= 0.6 is 11.3 Å². The number of rotatable bonds is 12. The minimum atomic E-state index is -0.512. The highest BCUT2D eigenvalue weighted by Gasteiger charge is 2.27. The molecule has 1 aromatic heterocycles. The third kappa shape index (κ3) is 6.28. The van der Waals surface area contributed by atoms with E-state index in [-0.39, 0.29) is 12.7 Å². The number of nitrogens with one attached hydrogen (secondary N) is 2. The van der Waals surface area contributed by atoms with Crippen molar-refractivity contribution >= 4 is 17.0 Å². The summed E-state index contributed by atoms with van der Waals surface area (Å²) in [6, 6.07) is 2.06. The van der Waals surface area contributed by atoms with Gasteiger partial charge in [-0.1, -0.05) is 39.0 Å². The highest BCUT2D eigenvalue weighted by Crippen LogP contribution is 2.33. The molecule has 1 aliphatic rings.